The maximum atomic E-state index is 10.9. The lowest BCUT2D eigenvalue weighted by Gasteiger charge is -2.29. The first-order valence-corrected chi connectivity index (χ1v) is 6.51. The van der Waals surface area contributed by atoms with E-state index in [1.165, 1.54) is 26.2 Å². The average molecular weight is 243 g/mol. The van der Waals surface area contributed by atoms with Crippen molar-refractivity contribution in [2.75, 3.05) is 13.1 Å². The number of hydrogen-bond acceptors (Lipinski definition) is 2. The van der Waals surface area contributed by atoms with Crippen LogP contribution in [0.2, 0.25) is 0 Å². The molecule has 1 aliphatic rings. The third kappa shape index (κ3) is 6.97. The van der Waals surface area contributed by atoms with Crippen LogP contribution < -0.4 is 0 Å². The summed E-state index contributed by atoms with van der Waals surface area (Å²) in [6, 6.07) is 0. The van der Waals surface area contributed by atoms with E-state index in [-0.39, 0.29) is 11.8 Å². The van der Waals surface area contributed by atoms with Gasteiger partial charge in [0.1, 0.15) is 0 Å². The van der Waals surface area contributed by atoms with Crippen molar-refractivity contribution in [3.05, 3.63) is 0 Å². The highest BCUT2D eigenvalue weighted by molar-refractivity contribution is 5.75. The summed E-state index contributed by atoms with van der Waals surface area (Å²) in [5, 5.41) is 8.70. The zero-order valence-electron chi connectivity index (χ0n) is 11.2. The molecule has 0 spiro atoms. The van der Waals surface area contributed by atoms with E-state index in [0.717, 1.165) is 6.42 Å². The quantitative estimate of drug-likeness (QED) is 0.828. The number of amides is 1. The highest BCUT2D eigenvalue weighted by atomic mass is 16.4. The van der Waals surface area contributed by atoms with Gasteiger partial charge in [-0.1, -0.05) is 33.1 Å². The van der Waals surface area contributed by atoms with Gasteiger partial charge in [-0.05, 0) is 12.8 Å². The predicted molar refractivity (Wildman–Crippen MR) is 67.8 cm³/mol. The fourth-order valence-electron chi connectivity index (χ4n) is 1.82. The second-order valence-electron chi connectivity index (χ2n) is 4.50. The Hall–Kier alpha value is -1.06. The molecule has 1 amide bonds. The summed E-state index contributed by atoms with van der Waals surface area (Å²) in [4.78, 5) is 23.1. The highest BCUT2D eigenvalue weighted by Crippen LogP contribution is 2.16. The van der Waals surface area contributed by atoms with E-state index >= 15 is 0 Å². The molecule has 0 aromatic rings. The van der Waals surface area contributed by atoms with Gasteiger partial charge in [-0.25, -0.2) is 0 Å². The second-order valence-corrected chi connectivity index (χ2v) is 4.50. The number of aliphatic carboxylic acids is 1. The van der Waals surface area contributed by atoms with E-state index in [1.54, 1.807) is 4.90 Å². The monoisotopic (exact) mass is 243 g/mol. The van der Waals surface area contributed by atoms with Crippen LogP contribution in [-0.4, -0.2) is 35.0 Å². The Kier molecular flexibility index (Phi) is 8.46. The number of carbonyl (C=O) groups is 2. The molecule has 1 atom stereocenters. The van der Waals surface area contributed by atoms with Gasteiger partial charge in [0.15, 0.2) is 0 Å². The molecule has 4 nitrogen and oxygen atoms in total. The Bertz CT molecular complexity index is 219. The van der Waals surface area contributed by atoms with E-state index in [1.807, 2.05) is 0 Å². The molecular weight excluding hydrogens is 218 g/mol. The number of carboxylic acids is 1. The van der Waals surface area contributed by atoms with Crippen molar-refractivity contribution in [1.29, 1.82) is 0 Å². The first kappa shape index (κ1) is 15.9. The van der Waals surface area contributed by atoms with Crippen LogP contribution in [0.4, 0.5) is 0 Å². The van der Waals surface area contributed by atoms with Crippen LogP contribution >= 0.6 is 0 Å². The fourth-order valence-corrected chi connectivity index (χ4v) is 1.82. The minimum absolute atomic E-state index is 0.0269. The van der Waals surface area contributed by atoms with Crippen molar-refractivity contribution in [3.8, 4) is 0 Å². The standard InChI is InChI=1S/C8H13NO3.C5H12/c1-6(10)9-4-2-3-7(5-9)8(11)12;1-3-5-4-2/h7H,2-5H2,1H3,(H,11,12);3-5H2,1-2H3/t7-;/m1./s1. The van der Waals surface area contributed by atoms with Crippen molar-refractivity contribution < 1.29 is 14.7 Å². The van der Waals surface area contributed by atoms with Crippen LogP contribution in [0.1, 0.15) is 52.9 Å². The summed E-state index contributed by atoms with van der Waals surface area (Å²) < 4.78 is 0. The van der Waals surface area contributed by atoms with Gasteiger partial charge in [0, 0.05) is 20.0 Å². The number of nitrogens with zero attached hydrogens (tertiary/aromatic N) is 1. The maximum Gasteiger partial charge on any atom is 0.308 e. The van der Waals surface area contributed by atoms with Crippen molar-refractivity contribution in [2.24, 2.45) is 5.92 Å². The molecule has 0 bridgehead atoms. The van der Waals surface area contributed by atoms with Gasteiger partial charge in [0.2, 0.25) is 5.91 Å². The van der Waals surface area contributed by atoms with E-state index in [9.17, 15) is 9.59 Å². The summed E-state index contributed by atoms with van der Waals surface area (Å²) >= 11 is 0. The zero-order valence-corrected chi connectivity index (χ0v) is 11.2. The van der Waals surface area contributed by atoms with Crippen molar-refractivity contribution in [2.45, 2.75) is 52.9 Å². The third-order valence-corrected chi connectivity index (χ3v) is 2.92. The first-order valence-electron chi connectivity index (χ1n) is 6.51. The number of hydrogen-bond donors (Lipinski definition) is 1. The van der Waals surface area contributed by atoms with E-state index in [2.05, 4.69) is 13.8 Å². The molecule has 17 heavy (non-hydrogen) atoms. The third-order valence-electron chi connectivity index (χ3n) is 2.92. The van der Waals surface area contributed by atoms with Gasteiger partial charge < -0.3 is 10.0 Å². The number of likely N-dealkylation sites (tertiary alicyclic amines) is 1. The summed E-state index contributed by atoms with van der Waals surface area (Å²) in [6.45, 7) is 6.99. The minimum atomic E-state index is -0.791. The summed E-state index contributed by atoms with van der Waals surface area (Å²) in [5.41, 5.74) is 0. The molecule has 0 aromatic carbocycles. The van der Waals surface area contributed by atoms with Crippen LogP contribution in [0.5, 0.6) is 0 Å². The van der Waals surface area contributed by atoms with Gasteiger partial charge in [-0.2, -0.15) is 0 Å². The summed E-state index contributed by atoms with van der Waals surface area (Å²) in [6.07, 6.45) is 5.57. The molecule has 4 heteroatoms. The first-order chi connectivity index (χ1) is 8.02. The van der Waals surface area contributed by atoms with E-state index in [0.29, 0.717) is 19.5 Å². The minimum Gasteiger partial charge on any atom is -0.481 e. The molecule has 0 aromatic heterocycles. The second kappa shape index (κ2) is 9.02. The van der Waals surface area contributed by atoms with Gasteiger partial charge >= 0.3 is 5.97 Å². The van der Waals surface area contributed by atoms with Crippen molar-refractivity contribution >= 4 is 11.9 Å². The Morgan fingerprint density at radius 2 is 1.88 bits per heavy atom. The molecular formula is C13H25NO3. The molecule has 1 rings (SSSR count). The zero-order chi connectivity index (χ0) is 13.3. The predicted octanol–water partition coefficient (Wildman–Crippen LogP) is 2.53. The average Bonchev–Trinajstić information content (AvgIpc) is 2.31. The largest absolute Gasteiger partial charge is 0.481 e. The number of piperidine rings is 1. The van der Waals surface area contributed by atoms with Gasteiger partial charge in [0.25, 0.3) is 0 Å². The molecule has 0 saturated carbocycles. The summed E-state index contributed by atoms with van der Waals surface area (Å²) in [7, 11) is 0. The normalized spacial score (nSPS) is 19.2. The lowest BCUT2D eigenvalue weighted by Crippen LogP contribution is -2.41. The highest BCUT2D eigenvalue weighted by Gasteiger charge is 2.26. The summed E-state index contributed by atoms with van der Waals surface area (Å²) in [5.74, 6) is -1.18. The van der Waals surface area contributed by atoms with Crippen LogP contribution in [-0.2, 0) is 9.59 Å². The lowest BCUT2D eigenvalue weighted by molar-refractivity contribution is -0.145. The molecule has 0 aliphatic carbocycles. The van der Waals surface area contributed by atoms with Gasteiger partial charge in [0.05, 0.1) is 5.92 Å². The van der Waals surface area contributed by atoms with Crippen LogP contribution in [0, 0.1) is 5.92 Å². The number of unbranched alkanes of at least 4 members (excludes halogenated alkanes) is 2. The number of rotatable bonds is 3. The van der Waals surface area contributed by atoms with Crippen LogP contribution in [0.3, 0.4) is 0 Å². The molecule has 1 fully saturated rings. The smallest absolute Gasteiger partial charge is 0.308 e. The molecule has 100 valence electrons. The van der Waals surface area contributed by atoms with Crippen LogP contribution in [0.15, 0.2) is 0 Å². The van der Waals surface area contributed by atoms with E-state index in [4.69, 9.17) is 5.11 Å². The fraction of sp³-hybridized carbons (Fsp3) is 0.846. The van der Waals surface area contributed by atoms with Gasteiger partial charge in [-0.15, -0.1) is 0 Å². The lowest BCUT2D eigenvalue weighted by atomic mass is 9.98. The number of carboxylic acid groups (broad SMARTS) is 1. The molecule has 1 aliphatic heterocycles. The number of carbonyl (C=O) groups excluding carboxylic acids is 1. The van der Waals surface area contributed by atoms with Gasteiger partial charge in [-0.3, -0.25) is 9.59 Å². The molecule has 1 heterocycles. The molecule has 0 unspecified atom stereocenters. The van der Waals surface area contributed by atoms with Crippen LogP contribution in [0.25, 0.3) is 0 Å². The Morgan fingerprint density at radius 3 is 2.24 bits per heavy atom. The molecule has 1 saturated heterocycles. The van der Waals surface area contributed by atoms with Crippen molar-refractivity contribution in [1.82, 2.24) is 4.90 Å². The Labute approximate surface area is 104 Å². The maximum absolute atomic E-state index is 10.9. The Balaban J connectivity index is 0.000000437. The SMILES string of the molecule is CC(=O)N1CCC[C@@H](C(=O)O)C1.CCCCC. The molecule has 0 radical (unpaired) electrons. The Morgan fingerprint density at radius 1 is 1.29 bits per heavy atom. The topological polar surface area (TPSA) is 57.6 Å². The van der Waals surface area contributed by atoms with Crippen molar-refractivity contribution in [3.63, 3.8) is 0 Å². The molecule has 1 N–H and O–H groups in total. The van der Waals surface area contributed by atoms with E-state index < -0.39 is 5.97 Å².